The molecule has 2 heterocycles. The Morgan fingerprint density at radius 1 is 1.33 bits per heavy atom. The second kappa shape index (κ2) is 5.63. The van der Waals surface area contributed by atoms with Gasteiger partial charge in [0.15, 0.2) is 0 Å². The summed E-state index contributed by atoms with van der Waals surface area (Å²) in [5.41, 5.74) is 2.22. The molecule has 0 aliphatic rings. The number of nitrogens with zero attached hydrogens (tertiary/aromatic N) is 3. The maximum Gasteiger partial charge on any atom is 0.128 e. The Morgan fingerprint density at radius 3 is 2.90 bits per heavy atom. The van der Waals surface area contributed by atoms with Crippen molar-refractivity contribution in [2.24, 2.45) is 0 Å². The Hall–Kier alpha value is -2.87. The van der Waals surface area contributed by atoms with E-state index in [2.05, 4.69) is 33.3 Å². The van der Waals surface area contributed by atoms with Crippen LogP contribution in [0.1, 0.15) is 30.8 Å². The van der Waals surface area contributed by atoms with Crippen LogP contribution in [0.25, 0.3) is 10.9 Å². The third-order valence-electron chi connectivity index (χ3n) is 3.47. The summed E-state index contributed by atoms with van der Waals surface area (Å²) in [7, 11) is 0. The monoisotopic (exact) mass is 277 g/mol. The van der Waals surface area contributed by atoms with Gasteiger partial charge in [0, 0.05) is 24.0 Å². The molecule has 1 unspecified atom stereocenters. The number of para-hydroxylation sites is 1. The summed E-state index contributed by atoms with van der Waals surface area (Å²) >= 11 is 0. The Bertz CT molecular complexity index is 786. The quantitative estimate of drug-likeness (QED) is 0.766. The van der Waals surface area contributed by atoms with Gasteiger partial charge in [-0.05, 0) is 12.5 Å². The fraction of sp³-hybridized carbons (Fsp3) is 0.188. The third-order valence-corrected chi connectivity index (χ3v) is 3.47. The molecule has 5 nitrogen and oxygen atoms in total. The lowest BCUT2D eigenvalue weighted by Crippen LogP contribution is -2.13. The predicted molar refractivity (Wildman–Crippen MR) is 81.7 cm³/mol. The number of hydrogen-bond donors (Lipinski definition) is 2. The molecule has 3 aromatic rings. The van der Waals surface area contributed by atoms with Gasteiger partial charge in [0.05, 0.1) is 22.8 Å². The van der Waals surface area contributed by atoms with Gasteiger partial charge in [0.25, 0.3) is 0 Å². The number of rotatable bonds is 4. The summed E-state index contributed by atoms with van der Waals surface area (Å²) in [5.74, 6) is 0.863. The highest BCUT2D eigenvalue weighted by Crippen LogP contribution is 2.29. The number of fused-ring (bicyclic) bond motifs is 1. The molecule has 21 heavy (non-hydrogen) atoms. The van der Waals surface area contributed by atoms with Gasteiger partial charge in [-0.3, -0.25) is 4.98 Å². The van der Waals surface area contributed by atoms with Crippen molar-refractivity contribution in [3.05, 3.63) is 54.2 Å². The topological polar surface area (TPSA) is 77.4 Å². The van der Waals surface area contributed by atoms with Crippen LogP contribution >= 0.6 is 0 Å². The van der Waals surface area contributed by atoms with Crippen LogP contribution < -0.4 is 5.32 Å². The van der Waals surface area contributed by atoms with Crippen molar-refractivity contribution in [1.82, 2.24) is 15.0 Å². The number of benzene rings is 1. The normalized spacial score (nSPS) is 12.0. The number of H-pyrrole nitrogens is 1. The summed E-state index contributed by atoms with van der Waals surface area (Å²) in [4.78, 5) is 11.7. The second-order valence-electron chi connectivity index (χ2n) is 4.76. The van der Waals surface area contributed by atoms with Crippen molar-refractivity contribution < 1.29 is 0 Å². The molecule has 0 aliphatic carbocycles. The molecule has 0 saturated heterocycles. The van der Waals surface area contributed by atoms with Gasteiger partial charge in [0.1, 0.15) is 11.9 Å². The molecule has 0 bridgehead atoms. The molecule has 0 saturated carbocycles. The van der Waals surface area contributed by atoms with Gasteiger partial charge in [-0.15, -0.1) is 0 Å². The summed E-state index contributed by atoms with van der Waals surface area (Å²) in [6.07, 6.45) is 6.00. The lowest BCUT2D eigenvalue weighted by molar-refractivity contribution is 0.704. The minimum absolute atomic E-state index is 0.0258. The minimum atomic E-state index is 0.0258. The number of imidazole rings is 1. The number of aromatic nitrogens is 3. The second-order valence-corrected chi connectivity index (χ2v) is 4.76. The fourth-order valence-corrected chi connectivity index (χ4v) is 2.39. The zero-order chi connectivity index (χ0) is 14.7. The van der Waals surface area contributed by atoms with Crippen LogP contribution in [0.4, 0.5) is 5.69 Å². The first-order chi connectivity index (χ1) is 10.3. The Morgan fingerprint density at radius 2 is 2.19 bits per heavy atom. The molecule has 1 atom stereocenters. The molecular formula is C16H15N5. The van der Waals surface area contributed by atoms with E-state index in [1.165, 1.54) is 0 Å². The molecular weight excluding hydrogens is 262 g/mol. The van der Waals surface area contributed by atoms with Crippen molar-refractivity contribution in [2.75, 3.05) is 5.32 Å². The molecule has 0 aliphatic heterocycles. The zero-order valence-corrected chi connectivity index (χ0v) is 11.7. The van der Waals surface area contributed by atoms with Crippen LogP contribution in [0.15, 0.2) is 42.9 Å². The highest BCUT2D eigenvalue weighted by atomic mass is 15.0. The van der Waals surface area contributed by atoms with E-state index in [9.17, 15) is 5.26 Å². The summed E-state index contributed by atoms with van der Waals surface area (Å²) < 4.78 is 0. The van der Waals surface area contributed by atoms with Gasteiger partial charge < -0.3 is 10.3 Å². The third kappa shape index (κ3) is 2.43. The molecule has 104 valence electrons. The van der Waals surface area contributed by atoms with Gasteiger partial charge in [-0.2, -0.15) is 5.26 Å². The molecule has 2 aromatic heterocycles. The van der Waals surface area contributed by atoms with E-state index in [-0.39, 0.29) is 6.04 Å². The van der Waals surface area contributed by atoms with Crippen molar-refractivity contribution >= 4 is 16.6 Å². The smallest absolute Gasteiger partial charge is 0.128 e. The molecule has 1 aromatic carbocycles. The van der Waals surface area contributed by atoms with Crippen LogP contribution in [-0.2, 0) is 0 Å². The van der Waals surface area contributed by atoms with Crippen LogP contribution in [0, 0.1) is 11.3 Å². The molecule has 3 rings (SSSR count). The van der Waals surface area contributed by atoms with Crippen LogP contribution in [-0.4, -0.2) is 15.0 Å². The van der Waals surface area contributed by atoms with Gasteiger partial charge in [0.2, 0.25) is 0 Å². The van der Waals surface area contributed by atoms with E-state index in [1.807, 2.05) is 24.3 Å². The number of pyridine rings is 1. The van der Waals surface area contributed by atoms with E-state index < -0.39 is 0 Å². The summed E-state index contributed by atoms with van der Waals surface area (Å²) in [6, 6.07) is 10.0. The number of hydrogen-bond acceptors (Lipinski definition) is 4. The Kier molecular flexibility index (Phi) is 3.52. The number of nitrogens with one attached hydrogen (secondary N) is 2. The van der Waals surface area contributed by atoms with E-state index in [1.54, 1.807) is 18.6 Å². The highest BCUT2D eigenvalue weighted by Gasteiger charge is 2.16. The zero-order valence-electron chi connectivity index (χ0n) is 11.7. The Labute approximate surface area is 122 Å². The first-order valence-electron chi connectivity index (χ1n) is 6.87. The maximum atomic E-state index is 9.34. The fourth-order valence-electron chi connectivity index (χ4n) is 2.39. The van der Waals surface area contributed by atoms with E-state index in [4.69, 9.17) is 0 Å². The molecule has 0 fully saturated rings. The first-order valence-corrected chi connectivity index (χ1v) is 6.87. The van der Waals surface area contributed by atoms with Crippen LogP contribution in [0.5, 0.6) is 0 Å². The highest BCUT2D eigenvalue weighted by molar-refractivity contribution is 5.93. The van der Waals surface area contributed by atoms with Crippen LogP contribution in [0.3, 0.4) is 0 Å². The summed E-state index contributed by atoms with van der Waals surface area (Å²) in [6.45, 7) is 2.08. The molecule has 0 spiro atoms. The van der Waals surface area contributed by atoms with Crippen molar-refractivity contribution in [3.8, 4) is 6.07 Å². The number of anilines is 1. The van der Waals surface area contributed by atoms with E-state index >= 15 is 0 Å². The first kappa shape index (κ1) is 13.1. The van der Waals surface area contributed by atoms with Crippen molar-refractivity contribution in [3.63, 3.8) is 0 Å². The van der Waals surface area contributed by atoms with Gasteiger partial charge >= 0.3 is 0 Å². The van der Waals surface area contributed by atoms with Crippen molar-refractivity contribution in [2.45, 2.75) is 19.4 Å². The average molecular weight is 277 g/mol. The largest absolute Gasteiger partial charge is 0.374 e. The van der Waals surface area contributed by atoms with Gasteiger partial charge in [-0.1, -0.05) is 25.1 Å². The standard InChI is InChI=1S/C16H15N5/c1-2-13(16-18-7-8-19-16)21-15-11(9-17)10-20-14-6-4-3-5-12(14)15/h3-8,10,13H,2H2,1H3,(H,18,19)(H,20,21). The lowest BCUT2D eigenvalue weighted by Gasteiger charge is -2.18. The molecule has 2 N–H and O–H groups in total. The predicted octanol–water partition coefficient (Wildman–Crippen LogP) is 3.39. The van der Waals surface area contributed by atoms with Crippen molar-refractivity contribution in [1.29, 1.82) is 5.26 Å². The summed E-state index contributed by atoms with van der Waals surface area (Å²) in [5, 5.41) is 13.7. The number of aromatic amines is 1. The molecule has 0 amide bonds. The minimum Gasteiger partial charge on any atom is -0.374 e. The lowest BCUT2D eigenvalue weighted by atomic mass is 10.1. The molecule has 0 radical (unpaired) electrons. The van der Waals surface area contributed by atoms with Crippen LogP contribution in [0.2, 0.25) is 0 Å². The van der Waals surface area contributed by atoms with E-state index in [0.29, 0.717) is 5.56 Å². The van der Waals surface area contributed by atoms with E-state index in [0.717, 1.165) is 28.8 Å². The number of nitriles is 1. The average Bonchev–Trinajstić information content (AvgIpc) is 3.06. The Balaban J connectivity index is 2.08. The molecule has 5 heteroatoms. The maximum absolute atomic E-state index is 9.34. The van der Waals surface area contributed by atoms with Gasteiger partial charge in [-0.25, -0.2) is 4.98 Å². The SMILES string of the molecule is CCC(Nc1c(C#N)cnc2ccccc12)c1ncc[nH]1.